The zero-order valence-electron chi connectivity index (χ0n) is 12.4. The van der Waals surface area contributed by atoms with Crippen molar-refractivity contribution in [2.45, 2.75) is 32.7 Å². The van der Waals surface area contributed by atoms with Crippen LogP contribution in [0.3, 0.4) is 0 Å². The highest BCUT2D eigenvalue weighted by atomic mass is 32.1. The van der Waals surface area contributed by atoms with Crippen LogP contribution in [0.5, 0.6) is 0 Å². The van der Waals surface area contributed by atoms with Crippen LogP contribution in [0, 0.1) is 6.92 Å². The minimum atomic E-state index is 0.268. The topological polar surface area (TPSA) is 38.1 Å². The summed E-state index contributed by atoms with van der Waals surface area (Å²) in [7, 11) is 0. The van der Waals surface area contributed by atoms with E-state index in [-0.39, 0.29) is 6.04 Å². The normalized spacial score (nSPS) is 12.9. The van der Waals surface area contributed by atoms with E-state index in [0.29, 0.717) is 0 Å². The fraction of sp³-hybridized carbons (Fsp3) is 0.353. The fourth-order valence-electron chi connectivity index (χ4n) is 2.52. The number of aromatic nitrogens is 1. The summed E-state index contributed by atoms with van der Waals surface area (Å²) in [5.41, 5.74) is 4.49. The second kappa shape index (κ2) is 6.41. The number of aryl methyl sites for hydroxylation is 1. The Labute approximate surface area is 129 Å². The summed E-state index contributed by atoms with van der Waals surface area (Å²) in [5.74, 6) is 0.801. The Kier molecular flexibility index (Phi) is 4.36. The van der Waals surface area contributed by atoms with E-state index < -0.39 is 0 Å². The Morgan fingerprint density at radius 1 is 1.29 bits per heavy atom. The maximum absolute atomic E-state index is 5.87. The van der Waals surface area contributed by atoms with E-state index in [1.165, 1.54) is 11.1 Å². The van der Waals surface area contributed by atoms with E-state index in [1.54, 1.807) is 11.3 Å². The van der Waals surface area contributed by atoms with Gasteiger partial charge in [0.2, 0.25) is 0 Å². The first kappa shape index (κ1) is 14.3. The minimum Gasteiger partial charge on any atom is -0.441 e. The molecule has 3 rings (SSSR count). The van der Waals surface area contributed by atoms with E-state index in [9.17, 15) is 0 Å². The van der Waals surface area contributed by atoms with E-state index in [4.69, 9.17) is 4.42 Å². The van der Waals surface area contributed by atoms with Gasteiger partial charge in [-0.1, -0.05) is 19.1 Å². The summed E-state index contributed by atoms with van der Waals surface area (Å²) in [4.78, 5) is 4.60. The average molecular weight is 300 g/mol. The van der Waals surface area contributed by atoms with Gasteiger partial charge in [0.15, 0.2) is 11.5 Å². The molecule has 0 fully saturated rings. The monoisotopic (exact) mass is 300 g/mol. The van der Waals surface area contributed by atoms with Crippen LogP contribution in [0.4, 0.5) is 0 Å². The molecule has 0 aliphatic heterocycles. The molecular formula is C17H20N2OS. The van der Waals surface area contributed by atoms with Gasteiger partial charge >= 0.3 is 0 Å². The van der Waals surface area contributed by atoms with E-state index >= 15 is 0 Å². The van der Waals surface area contributed by atoms with Gasteiger partial charge in [-0.05, 0) is 53.9 Å². The quantitative estimate of drug-likeness (QED) is 0.729. The van der Waals surface area contributed by atoms with E-state index in [2.05, 4.69) is 34.9 Å². The first-order valence-corrected chi connectivity index (χ1v) is 8.32. The van der Waals surface area contributed by atoms with Gasteiger partial charge in [-0.2, -0.15) is 11.3 Å². The van der Waals surface area contributed by atoms with Crippen molar-refractivity contribution in [3.8, 4) is 0 Å². The molecule has 0 bridgehead atoms. The first-order chi connectivity index (χ1) is 10.3. The lowest BCUT2D eigenvalue weighted by atomic mass is 10.0. The molecule has 3 nitrogen and oxygen atoms in total. The molecule has 0 saturated heterocycles. The summed E-state index contributed by atoms with van der Waals surface area (Å²) in [6, 6.07) is 8.20. The highest BCUT2D eigenvalue weighted by Crippen LogP contribution is 2.26. The van der Waals surface area contributed by atoms with Gasteiger partial charge < -0.3 is 9.73 Å². The fourth-order valence-corrected chi connectivity index (χ4v) is 3.42. The van der Waals surface area contributed by atoms with Crippen molar-refractivity contribution >= 4 is 22.4 Å². The molecule has 0 aliphatic carbocycles. The molecule has 0 saturated carbocycles. The largest absolute Gasteiger partial charge is 0.441 e. The van der Waals surface area contributed by atoms with Crippen LogP contribution in [0.15, 0.2) is 39.4 Å². The van der Waals surface area contributed by atoms with Crippen LogP contribution in [-0.2, 0) is 6.42 Å². The Hall–Kier alpha value is -1.65. The van der Waals surface area contributed by atoms with E-state index in [0.717, 1.165) is 36.4 Å². The van der Waals surface area contributed by atoms with Crippen molar-refractivity contribution in [1.82, 2.24) is 10.3 Å². The van der Waals surface area contributed by atoms with Gasteiger partial charge in [-0.3, -0.25) is 0 Å². The summed E-state index contributed by atoms with van der Waals surface area (Å²) in [6.07, 6.45) is 1.90. The Morgan fingerprint density at radius 3 is 2.86 bits per heavy atom. The lowest BCUT2D eigenvalue weighted by Gasteiger charge is -2.17. The molecule has 2 heterocycles. The van der Waals surface area contributed by atoms with Gasteiger partial charge in [0.1, 0.15) is 5.52 Å². The summed E-state index contributed by atoms with van der Waals surface area (Å²) >= 11 is 1.75. The molecular weight excluding hydrogens is 280 g/mol. The van der Waals surface area contributed by atoms with Crippen LogP contribution in [0.25, 0.3) is 11.1 Å². The molecule has 1 atom stereocenters. The molecule has 0 radical (unpaired) electrons. The van der Waals surface area contributed by atoms with Crippen LogP contribution >= 0.6 is 11.3 Å². The zero-order valence-corrected chi connectivity index (χ0v) is 13.2. The predicted molar refractivity (Wildman–Crippen MR) is 87.8 cm³/mol. The van der Waals surface area contributed by atoms with Crippen molar-refractivity contribution < 1.29 is 4.42 Å². The second-order valence-corrected chi connectivity index (χ2v) is 6.04. The second-order valence-electron chi connectivity index (χ2n) is 5.30. The number of oxazole rings is 1. The van der Waals surface area contributed by atoms with Crippen LogP contribution in [0.2, 0.25) is 0 Å². The van der Waals surface area contributed by atoms with Crippen molar-refractivity contribution in [2.24, 2.45) is 0 Å². The molecule has 21 heavy (non-hydrogen) atoms. The van der Waals surface area contributed by atoms with Crippen molar-refractivity contribution in [1.29, 1.82) is 0 Å². The SMILES string of the molecule is CCCNC(Cc1nc2ccccc2o1)c1cscc1C. The zero-order chi connectivity index (χ0) is 14.7. The number of hydrogen-bond donors (Lipinski definition) is 1. The Bertz CT molecular complexity index is 683. The highest BCUT2D eigenvalue weighted by Gasteiger charge is 2.17. The molecule has 4 heteroatoms. The summed E-state index contributed by atoms with van der Waals surface area (Å²) in [6.45, 7) is 5.35. The first-order valence-electron chi connectivity index (χ1n) is 7.38. The number of nitrogens with one attached hydrogen (secondary N) is 1. The minimum absolute atomic E-state index is 0.268. The van der Waals surface area contributed by atoms with Crippen LogP contribution < -0.4 is 5.32 Å². The molecule has 1 aromatic carbocycles. The lowest BCUT2D eigenvalue weighted by molar-refractivity contribution is 0.453. The number of benzene rings is 1. The average Bonchev–Trinajstić information content (AvgIpc) is 3.08. The Balaban J connectivity index is 1.85. The maximum atomic E-state index is 5.87. The van der Waals surface area contributed by atoms with Crippen LogP contribution in [0.1, 0.15) is 36.4 Å². The molecule has 1 N–H and O–H groups in total. The third-order valence-electron chi connectivity index (χ3n) is 3.63. The van der Waals surface area contributed by atoms with Gasteiger partial charge in [-0.15, -0.1) is 0 Å². The number of hydrogen-bond acceptors (Lipinski definition) is 4. The van der Waals surface area contributed by atoms with Crippen molar-refractivity contribution in [3.63, 3.8) is 0 Å². The number of fused-ring (bicyclic) bond motifs is 1. The summed E-state index contributed by atoms with van der Waals surface area (Å²) < 4.78 is 5.87. The van der Waals surface area contributed by atoms with Gasteiger partial charge in [0, 0.05) is 12.5 Å². The number of nitrogens with zero attached hydrogens (tertiary/aromatic N) is 1. The van der Waals surface area contributed by atoms with Gasteiger partial charge in [-0.25, -0.2) is 4.98 Å². The van der Waals surface area contributed by atoms with Gasteiger partial charge in [0.05, 0.1) is 0 Å². The van der Waals surface area contributed by atoms with E-state index in [1.807, 2.05) is 24.3 Å². The smallest absolute Gasteiger partial charge is 0.197 e. The molecule has 110 valence electrons. The lowest BCUT2D eigenvalue weighted by Crippen LogP contribution is -2.24. The molecule has 1 unspecified atom stereocenters. The molecule has 0 amide bonds. The highest BCUT2D eigenvalue weighted by molar-refractivity contribution is 7.08. The molecule has 0 spiro atoms. The number of para-hydroxylation sites is 2. The molecule has 0 aliphatic rings. The predicted octanol–water partition coefficient (Wildman–Crippen LogP) is 4.48. The molecule has 2 aromatic heterocycles. The number of rotatable bonds is 6. The van der Waals surface area contributed by atoms with Crippen LogP contribution in [-0.4, -0.2) is 11.5 Å². The number of thiophene rings is 1. The molecule has 3 aromatic rings. The van der Waals surface area contributed by atoms with Crippen molar-refractivity contribution in [3.05, 3.63) is 52.0 Å². The maximum Gasteiger partial charge on any atom is 0.197 e. The van der Waals surface area contributed by atoms with Gasteiger partial charge in [0.25, 0.3) is 0 Å². The third-order valence-corrected chi connectivity index (χ3v) is 4.51. The van der Waals surface area contributed by atoms with Crippen molar-refractivity contribution in [2.75, 3.05) is 6.54 Å². The Morgan fingerprint density at radius 2 is 2.14 bits per heavy atom. The third kappa shape index (κ3) is 3.17. The summed E-state index contributed by atoms with van der Waals surface area (Å²) in [5, 5.41) is 8.04. The standard InChI is InChI=1S/C17H20N2OS/c1-3-8-18-15(13-11-21-10-12(13)2)9-17-19-14-6-4-5-7-16(14)20-17/h4-7,10-11,15,18H,3,8-9H2,1-2H3.